The number of nitriles is 1. The third kappa shape index (κ3) is 3.40. The van der Waals surface area contributed by atoms with E-state index in [1.165, 1.54) is 14.2 Å². The van der Waals surface area contributed by atoms with Crippen LogP contribution in [0.5, 0.6) is 11.5 Å². The van der Waals surface area contributed by atoms with Gasteiger partial charge in [-0.05, 0) is 25.3 Å². The summed E-state index contributed by atoms with van der Waals surface area (Å²) < 4.78 is 10.6. The first-order valence-corrected chi connectivity index (χ1v) is 7.27. The maximum atomic E-state index is 12.3. The Bertz CT molecular complexity index is 604. The number of ether oxygens (including phenoxy) is 2. The fourth-order valence-corrected chi connectivity index (χ4v) is 2.61. The Balaban J connectivity index is 2.20. The summed E-state index contributed by atoms with van der Waals surface area (Å²) in [5, 5.41) is 12.2. The summed E-state index contributed by atoms with van der Waals surface area (Å²) in [5.41, 5.74) is 0.601. The third-order valence-corrected chi connectivity index (χ3v) is 3.80. The molecule has 5 heteroatoms. The van der Waals surface area contributed by atoms with Crippen molar-refractivity contribution in [2.75, 3.05) is 14.2 Å². The van der Waals surface area contributed by atoms with E-state index in [0.717, 1.165) is 19.3 Å². The minimum atomic E-state index is -0.761. The maximum absolute atomic E-state index is 12.3. The molecular weight excluding hydrogens is 280 g/mol. The van der Waals surface area contributed by atoms with E-state index in [2.05, 4.69) is 17.5 Å². The predicted molar refractivity (Wildman–Crippen MR) is 82.5 cm³/mol. The number of para-hydroxylation sites is 1. The molecule has 1 aromatic rings. The van der Waals surface area contributed by atoms with E-state index in [-0.39, 0.29) is 11.8 Å². The summed E-state index contributed by atoms with van der Waals surface area (Å²) in [6, 6.07) is 6.66. The maximum Gasteiger partial charge on any atom is 0.224 e. The quantitative estimate of drug-likeness (QED) is 0.849. The van der Waals surface area contributed by atoms with Gasteiger partial charge >= 0.3 is 0 Å². The predicted octanol–water partition coefficient (Wildman–Crippen LogP) is 2.74. The number of carbonyl (C=O) groups is 1. The van der Waals surface area contributed by atoms with E-state index >= 15 is 0 Å². The molecule has 0 aromatic heterocycles. The van der Waals surface area contributed by atoms with Gasteiger partial charge in [-0.3, -0.25) is 4.79 Å². The number of amides is 1. The molecule has 0 radical (unpaired) electrons. The van der Waals surface area contributed by atoms with Crippen molar-refractivity contribution in [1.82, 2.24) is 5.32 Å². The zero-order valence-electron chi connectivity index (χ0n) is 12.8. The normalized spacial score (nSPS) is 18.1. The first-order chi connectivity index (χ1) is 10.7. The van der Waals surface area contributed by atoms with Crippen LogP contribution in [0.25, 0.3) is 0 Å². The van der Waals surface area contributed by atoms with Crippen molar-refractivity contribution in [2.24, 2.45) is 5.92 Å². The lowest BCUT2D eigenvalue weighted by Gasteiger charge is -2.21. The molecule has 1 amide bonds. The van der Waals surface area contributed by atoms with Crippen LogP contribution in [-0.2, 0) is 4.79 Å². The van der Waals surface area contributed by atoms with Gasteiger partial charge in [-0.1, -0.05) is 24.3 Å². The number of allylic oxidation sites excluding steroid dienone is 2. The number of nitrogens with one attached hydrogen (secondary N) is 1. The molecule has 0 saturated heterocycles. The standard InChI is InChI=1S/C17H20N2O3/c1-21-15-10-6-9-13(16(15)22-2)14(11-18)19-17(20)12-7-4-3-5-8-12/h3-4,6,9-10,12,14H,5,7-8H2,1-2H3,(H,19,20)/t12-,14+/m1/s1. The molecule has 1 aromatic carbocycles. The third-order valence-electron chi connectivity index (χ3n) is 3.80. The Morgan fingerprint density at radius 2 is 2.18 bits per heavy atom. The molecule has 1 aliphatic rings. The van der Waals surface area contributed by atoms with Gasteiger partial charge in [0.25, 0.3) is 0 Å². The minimum Gasteiger partial charge on any atom is -0.493 e. The highest BCUT2D eigenvalue weighted by molar-refractivity contribution is 5.80. The van der Waals surface area contributed by atoms with Gasteiger partial charge in [0.1, 0.15) is 6.04 Å². The second-order valence-corrected chi connectivity index (χ2v) is 5.13. The number of rotatable bonds is 5. The number of methoxy groups -OCH3 is 2. The van der Waals surface area contributed by atoms with Crippen molar-refractivity contribution in [3.63, 3.8) is 0 Å². The van der Waals surface area contributed by atoms with E-state index in [4.69, 9.17) is 9.47 Å². The number of benzene rings is 1. The highest BCUT2D eigenvalue weighted by atomic mass is 16.5. The van der Waals surface area contributed by atoms with Crippen LogP contribution in [0.1, 0.15) is 30.9 Å². The summed E-state index contributed by atoms with van der Waals surface area (Å²) in [6.45, 7) is 0. The van der Waals surface area contributed by atoms with Crippen LogP contribution in [0.3, 0.4) is 0 Å². The Labute approximate surface area is 130 Å². The fourth-order valence-electron chi connectivity index (χ4n) is 2.61. The lowest BCUT2D eigenvalue weighted by atomic mass is 9.93. The lowest BCUT2D eigenvalue weighted by Crippen LogP contribution is -2.34. The summed E-state index contributed by atoms with van der Waals surface area (Å²) in [7, 11) is 3.06. The van der Waals surface area contributed by atoms with Crippen molar-refractivity contribution < 1.29 is 14.3 Å². The molecule has 1 aliphatic carbocycles. The van der Waals surface area contributed by atoms with E-state index in [1.807, 2.05) is 6.08 Å². The van der Waals surface area contributed by atoms with E-state index < -0.39 is 6.04 Å². The van der Waals surface area contributed by atoms with Crippen LogP contribution in [-0.4, -0.2) is 20.1 Å². The average Bonchev–Trinajstić information content (AvgIpc) is 2.59. The van der Waals surface area contributed by atoms with Gasteiger partial charge in [-0.15, -0.1) is 0 Å². The molecule has 2 atom stereocenters. The van der Waals surface area contributed by atoms with Gasteiger partial charge in [-0.25, -0.2) is 0 Å². The Morgan fingerprint density at radius 1 is 1.36 bits per heavy atom. The molecule has 0 aliphatic heterocycles. The summed E-state index contributed by atoms with van der Waals surface area (Å²) in [4.78, 5) is 12.3. The molecule has 116 valence electrons. The molecular formula is C17H20N2O3. The second-order valence-electron chi connectivity index (χ2n) is 5.13. The molecule has 2 rings (SSSR count). The smallest absolute Gasteiger partial charge is 0.224 e. The Morgan fingerprint density at radius 3 is 2.77 bits per heavy atom. The fraction of sp³-hybridized carbons (Fsp3) is 0.412. The van der Waals surface area contributed by atoms with Gasteiger partial charge in [0, 0.05) is 11.5 Å². The number of hydrogen-bond acceptors (Lipinski definition) is 4. The number of carbonyl (C=O) groups excluding carboxylic acids is 1. The van der Waals surface area contributed by atoms with Crippen LogP contribution in [0, 0.1) is 17.2 Å². The zero-order valence-corrected chi connectivity index (χ0v) is 12.8. The van der Waals surface area contributed by atoms with Gasteiger partial charge < -0.3 is 14.8 Å². The van der Waals surface area contributed by atoms with Crippen LogP contribution in [0.15, 0.2) is 30.4 Å². The van der Waals surface area contributed by atoms with Gasteiger partial charge in [0.05, 0.1) is 20.3 Å². The number of nitrogens with zero attached hydrogens (tertiary/aromatic N) is 1. The van der Waals surface area contributed by atoms with Gasteiger partial charge in [0.2, 0.25) is 5.91 Å². The molecule has 0 fully saturated rings. The minimum absolute atomic E-state index is 0.0718. The summed E-state index contributed by atoms with van der Waals surface area (Å²) in [5.74, 6) is 0.841. The van der Waals surface area contributed by atoms with Crippen LogP contribution in [0.4, 0.5) is 0 Å². The molecule has 0 spiro atoms. The SMILES string of the molecule is COc1cccc([C@H](C#N)NC(=O)[C@@H]2CC=CCC2)c1OC. The monoisotopic (exact) mass is 300 g/mol. The molecule has 0 heterocycles. The largest absolute Gasteiger partial charge is 0.493 e. The van der Waals surface area contributed by atoms with Crippen molar-refractivity contribution in [3.05, 3.63) is 35.9 Å². The van der Waals surface area contributed by atoms with Crippen molar-refractivity contribution >= 4 is 5.91 Å². The van der Waals surface area contributed by atoms with E-state index in [0.29, 0.717) is 17.1 Å². The van der Waals surface area contributed by atoms with Crippen molar-refractivity contribution in [2.45, 2.75) is 25.3 Å². The van der Waals surface area contributed by atoms with Crippen molar-refractivity contribution in [1.29, 1.82) is 5.26 Å². The zero-order chi connectivity index (χ0) is 15.9. The molecule has 5 nitrogen and oxygen atoms in total. The molecule has 0 saturated carbocycles. The van der Waals surface area contributed by atoms with Crippen LogP contribution >= 0.6 is 0 Å². The lowest BCUT2D eigenvalue weighted by molar-refractivity contribution is -0.125. The van der Waals surface area contributed by atoms with Crippen molar-refractivity contribution in [3.8, 4) is 17.6 Å². The average molecular weight is 300 g/mol. The number of hydrogen-bond donors (Lipinski definition) is 1. The molecule has 1 N–H and O–H groups in total. The van der Waals surface area contributed by atoms with Gasteiger partial charge in [-0.2, -0.15) is 5.26 Å². The highest BCUT2D eigenvalue weighted by Gasteiger charge is 2.25. The first-order valence-electron chi connectivity index (χ1n) is 7.27. The van der Waals surface area contributed by atoms with Crippen LogP contribution in [0.2, 0.25) is 0 Å². The first kappa shape index (κ1) is 15.9. The Kier molecular flexibility index (Phi) is 5.42. The summed E-state index contributed by atoms with van der Waals surface area (Å²) in [6.07, 6.45) is 6.53. The molecule has 22 heavy (non-hydrogen) atoms. The van der Waals surface area contributed by atoms with Crippen LogP contribution < -0.4 is 14.8 Å². The van der Waals surface area contributed by atoms with E-state index in [1.54, 1.807) is 18.2 Å². The molecule has 0 unspecified atom stereocenters. The van der Waals surface area contributed by atoms with E-state index in [9.17, 15) is 10.1 Å². The highest BCUT2D eigenvalue weighted by Crippen LogP contribution is 2.34. The Hall–Kier alpha value is -2.48. The molecule has 0 bridgehead atoms. The van der Waals surface area contributed by atoms with Gasteiger partial charge in [0.15, 0.2) is 11.5 Å². The second kappa shape index (κ2) is 7.51. The topological polar surface area (TPSA) is 71.3 Å². The summed E-state index contributed by atoms with van der Waals surface area (Å²) >= 11 is 0.